The Bertz CT molecular complexity index is 422. The summed E-state index contributed by atoms with van der Waals surface area (Å²) < 4.78 is 6.12. The summed E-state index contributed by atoms with van der Waals surface area (Å²) in [4.78, 5) is 22.4. The van der Waals surface area contributed by atoms with Gasteiger partial charge in [-0.1, -0.05) is 11.3 Å². The number of hydrogen-bond acceptors (Lipinski definition) is 4. The molecule has 1 aromatic rings. The second-order valence-corrected chi connectivity index (χ2v) is 4.31. The monoisotopic (exact) mass is 231 g/mol. The summed E-state index contributed by atoms with van der Waals surface area (Å²) in [5.74, 6) is -1.08. The number of ether oxygens (including phenoxy) is 1. The summed E-state index contributed by atoms with van der Waals surface area (Å²) >= 11 is 0.990. The Morgan fingerprint density at radius 2 is 2.33 bits per heavy atom. The lowest BCUT2D eigenvalue weighted by molar-refractivity contribution is -0.149. The summed E-state index contributed by atoms with van der Waals surface area (Å²) in [6, 6.07) is 0. The van der Waals surface area contributed by atoms with Crippen LogP contribution in [0.5, 0.6) is 0 Å². The first-order chi connectivity index (χ1) is 6.93. The highest BCUT2D eigenvalue weighted by Crippen LogP contribution is 2.18. The summed E-state index contributed by atoms with van der Waals surface area (Å²) in [5.41, 5.74) is -0.706. The van der Waals surface area contributed by atoms with E-state index in [9.17, 15) is 9.59 Å². The molecular weight excluding hydrogens is 218 g/mol. The van der Waals surface area contributed by atoms with Crippen molar-refractivity contribution >= 4 is 17.3 Å². The Hall–Kier alpha value is -1.14. The highest BCUT2D eigenvalue weighted by atomic mass is 32.1. The average molecular weight is 231 g/mol. The fourth-order valence-electron chi connectivity index (χ4n) is 1.48. The van der Waals surface area contributed by atoms with Gasteiger partial charge in [0.05, 0.1) is 6.61 Å². The lowest BCUT2D eigenvalue weighted by atomic mass is 10.0. The van der Waals surface area contributed by atoms with Crippen molar-refractivity contribution in [1.29, 1.82) is 0 Å². The van der Waals surface area contributed by atoms with Crippen LogP contribution in [0.15, 0.2) is 10.2 Å². The molecule has 0 bridgehead atoms. The predicted molar refractivity (Wildman–Crippen MR) is 56.5 cm³/mol. The van der Waals surface area contributed by atoms with Crippen LogP contribution in [0, 0.1) is 6.92 Å². The molecule has 6 heteroatoms. The Balaban J connectivity index is 3.33. The summed E-state index contributed by atoms with van der Waals surface area (Å²) in [5, 5.41) is 10.8. The van der Waals surface area contributed by atoms with Crippen molar-refractivity contribution < 1.29 is 14.6 Å². The molecule has 1 rings (SSSR count). The van der Waals surface area contributed by atoms with Crippen LogP contribution in [0.1, 0.15) is 12.6 Å². The molecule has 1 unspecified atom stereocenters. The van der Waals surface area contributed by atoms with Gasteiger partial charge in [0.25, 0.3) is 0 Å². The second-order valence-electron chi connectivity index (χ2n) is 3.49. The number of rotatable bonds is 4. The van der Waals surface area contributed by atoms with E-state index in [1.54, 1.807) is 12.3 Å². The van der Waals surface area contributed by atoms with E-state index in [1.165, 1.54) is 18.6 Å². The molecule has 1 N–H and O–H groups in total. The number of methoxy groups -OCH3 is 1. The van der Waals surface area contributed by atoms with E-state index in [4.69, 9.17) is 9.84 Å². The van der Waals surface area contributed by atoms with Crippen molar-refractivity contribution in [2.75, 3.05) is 13.7 Å². The van der Waals surface area contributed by atoms with Crippen LogP contribution in [0.4, 0.5) is 0 Å². The van der Waals surface area contributed by atoms with E-state index >= 15 is 0 Å². The number of aromatic nitrogens is 1. The van der Waals surface area contributed by atoms with Crippen molar-refractivity contribution in [3.63, 3.8) is 0 Å². The van der Waals surface area contributed by atoms with Crippen molar-refractivity contribution in [3.8, 4) is 0 Å². The molecule has 1 atom stereocenters. The maximum Gasteiger partial charge on any atom is 0.332 e. The molecule has 0 saturated heterocycles. The first-order valence-electron chi connectivity index (χ1n) is 4.33. The van der Waals surface area contributed by atoms with Crippen LogP contribution in [0.3, 0.4) is 0 Å². The maximum absolute atomic E-state index is 11.5. The normalized spacial score (nSPS) is 14.9. The smallest absolute Gasteiger partial charge is 0.332 e. The van der Waals surface area contributed by atoms with Gasteiger partial charge in [-0.2, -0.15) is 0 Å². The fourth-order valence-corrected chi connectivity index (χ4v) is 2.31. The molecule has 0 radical (unpaired) electrons. The number of hydrogen-bond donors (Lipinski definition) is 1. The molecule has 0 aliphatic carbocycles. The number of carboxylic acids is 1. The number of thiazole rings is 1. The van der Waals surface area contributed by atoms with E-state index < -0.39 is 11.5 Å². The zero-order valence-electron chi connectivity index (χ0n) is 8.81. The van der Waals surface area contributed by atoms with Gasteiger partial charge < -0.3 is 9.84 Å². The third-order valence-corrected chi connectivity index (χ3v) is 3.09. The zero-order valence-corrected chi connectivity index (χ0v) is 9.63. The largest absolute Gasteiger partial charge is 0.479 e. The van der Waals surface area contributed by atoms with Crippen molar-refractivity contribution in [2.45, 2.75) is 19.4 Å². The van der Waals surface area contributed by atoms with Gasteiger partial charge in [-0.3, -0.25) is 9.36 Å². The molecule has 15 heavy (non-hydrogen) atoms. The topological polar surface area (TPSA) is 68.5 Å². The second kappa shape index (κ2) is 4.16. The van der Waals surface area contributed by atoms with E-state index in [-0.39, 0.29) is 11.5 Å². The van der Waals surface area contributed by atoms with Gasteiger partial charge in [0.1, 0.15) is 0 Å². The summed E-state index contributed by atoms with van der Waals surface area (Å²) in [6.07, 6.45) is 0. The quantitative estimate of drug-likeness (QED) is 0.826. The van der Waals surface area contributed by atoms with Crippen LogP contribution < -0.4 is 4.87 Å². The molecular formula is C9H13NO4S. The minimum absolute atomic E-state index is 0.0419. The molecule has 0 aromatic carbocycles. The standard InChI is InChI=1S/C9H13NO4S/c1-6-4-15-8(13)10(6)9(2,5-14-3)7(11)12/h4H,5H2,1-3H3,(H,11,12). The zero-order chi connectivity index (χ0) is 11.6. The molecule has 5 nitrogen and oxygen atoms in total. The molecule has 0 fully saturated rings. The number of nitrogens with zero attached hydrogens (tertiary/aromatic N) is 1. The maximum atomic E-state index is 11.5. The van der Waals surface area contributed by atoms with Gasteiger partial charge >= 0.3 is 10.8 Å². The number of carboxylic acid groups (broad SMARTS) is 1. The van der Waals surface area contributed by atoms with E-state index in [0.717, 1.165) is 11.3 Å². The molecule has 0 saturated carbocycles. The Labute approximate surface area is 90.9 Å². The molecule has 0 aliphatic rings. The van der Waals surface area contributed by atoms with Crippen molar-refractivity contribution in [2.24, 2.45) is 0 Å². The Kier molecular flexibility index (Phi) is 3.31. The molecule has 1 heterocycles. The van der Waals surface area contributed by atoms with Crippen LogP contribution >= 0.6 is 11.3 Å². The first kappa shape index (κ1) is 11.9. The number of carbonyl (C=O) groups is 1. The lowest BCUT2D eigenvalue weighted by Crippen LogP contribution is -2.47. The van der Waals surface area contributed by atoms with E-state index in [1.807, 2.05) is 0 Å². The number of aliphatic carboxylic acids is 1. The van der Waals surface area contributed by atoms with Gasteiger partial charge in [0.15, 0.2) is 5.54 Å². The third kappa shape index (κ3) is 1.95. The van der Waals surface area contributed by atoms with Gasteiger partial charge in [-0.05, 0) is 13.8 Å². The number of aryl methyl sites for hydroxylation is 1. The molecule has 0 amide bonds. The first-order valence-corrected chi connectivity index (χ1v) is 5.21. The Morgan fingerprint density at radius 1 is 1.73 bits per heavy atom. The Morgan fingerprint density at radius 3 is 2.67 bits per heavy atom. The van der Waals surface area contributed by atoms with Gasteiger partial charge in [-0.25, -0.2) is 4.79 Å². The average Bonchev–Trinajstić information content (AvgIpc) is 2.46. The van der Waals surface area contributed by atoms with Gasteiger partial charge in [-0.15, -0.1) is 0 Å². The van der Waals surface area contributed by atoms with Gasteiger partial charge in [0.2, 0.25) is 0 Å². The lowest BCUT2D eigenvalue weighted by Gasteiger charge is -2.26. The summed E-state index contributed by atoms with van der Waals surface area (Å²) in [7, 11) is 1.41. The molecule has 1 aromatic heterocycles. The highest BCUT2D eigenvalue weighted by Gasteiger charge is 2.37. The van der Waals surface area contributed by atoms with Crippen LogP contribution in [-0.2, 0) is 15.1 Å². The van der Waals surface area contributed by atoms with Crippen LogP contribution in [0.2, 0.25) is 0 Å². The SMILES string of the molecule is COCC(C)(C(=O)O)n1c(C)csc1=O. The fraction of sp³-hybridized carbons (Fsp3) is 0.556. The van der Waals surface area contributed by atoms with Crippen molar-refractivity contribution in [1.82, 2.24) is 4.57 Å². The van der Waals surface area contributed by atoms with Crippen LogP contribution in [-0.4, -0.2) is 29.4 Å². The van der Waals surface area contributed by atoms with Gasteiger partial charge in [0, 0.05) is 18.2 Å². The van der Waals surface area contributed by atoms with Crippen molar-refractivity contribution in [3.05, 3.63) is 20.7 Å². The molecule has 0 aliphatic heterocycles. The van der Waals surface area contributed by atoms with E-state index in [0.29, 0.717) is 5.69 Å². The predicted octanol–water partition coefficient (Wildman–Crippen LogP) is 0.664. The summed E-state index contributed by atoms with van der Waals surface area (Å²) in [6.45, 7) is 3.13. The third-order valence-electron chi connectivity index (χ3n) is 2.25. The highest BCUT2D eigenvalue weighted by molar-refractivity contribution is 7.07. The van der Waals surface area contributed by atoms with E-state index in [2.05, 4.69) is 0 Å². The minimum atomic E-state index is -1.34. The minimum Gasteiger partial charge on any atom is -0.479 e. The molecule has 0 spiro atoms. The van der Waals surface area contributed by atoms with Crippen LogP contribution in [0.25, 0.3) is 0 Å². The molecule has 84 valence electrons.